The van der Waals surface area contributed by atoms with Crippen LogP contribution in [-0.4, -0.2) is 55.6 Å². The van der Waals surface area contributed by atoms with Crippen molar-refractivity contribution in [3.05, 3.63) is 30.1 Å². The minimum atomic E-state index is 0.839. The van der Waals surface area contributed by atoms with Gasteiger partial charge < -0.3 is 15.5 Å². The summed E-state index contributed by atoms with van der Waals surface area (Å²) in [4.78, 5) is 11.5. The van der Waals surface area contributed by atoms with Crippen LogP contribution >= 0.6 is 0 Å². The van der Waals surface area contributed by atoms with Gasteiger partial charge in [-0.25, -0.2) is 0 Å². The Labute approximate surface area is 140 Å². The molecule has 0 saturated carbocycles. The Morgan fingerprint density at radius 1 is 1.30 bits per heavy atom. The van der Waals surface area contributed by atoms with Crippen LogP contribution in [0, 0.1) is 5.92 Å². The van der Waals surface area contributed by atoms with Gasteiger partial charge in [0.1, 0.15) is 0 Å². The van der Waals surface area contributed by atoms with Gasteiger partial charge in [-0.1, -0.05) is 6.07 Å². The van der Waals surface area contributed by atoms with Crippen LogP contribution in [0.15, 0.2) is 29.4 Å². The van der Waals surface area contributed by atoms with E-state index in [0.29, 0.717) is 0 Å². The van der Waals surface area contributed by atoms with E-state index in [-0.39, 0.29) is 0 Å². The molecular formula is C18H31N5. The molecule has 5 nitrogen and oxygen atoms in total. The van der Waals surface area contributed by atoms with Gasteiger partial charge in [-0.05, 0) is 64.4 Å². The standard InChI is InChI=1S/C18H31N5/c1-3-19-18(22-13-8-17-6-4-5-11-20-17)21-12-7-16-9-14-23(2)15-10-16/h4-6,11,16H,3,7-10,12-15H2,1-2H3,(H2,19,21,22). The van der Waals surface area contributed by atoms with Gasteiger partial charge in [0.15, 0.2) is 5.96 Å². The molecule has 1 fully saturated rings. The SMILES string of the molecule is CCNC(=NCCC1CCN(C)CC1)NCCc1ccccn1. The van der Waals surface area contributed by atoms with Gasteiger partial charge in [0.2, 0.25) is 0 Å². The predicted molar refractivity (Wildman–Crippen MR) is 96.8 cm³/mol. The lowest BCUT2D eigenvalue weighted by atomic mass is 9.94. The number of likely N-dealkylation sites (tertiary alicyclic amines) is 1. The smallest absolute Gasteiger partial charge is 0.191 e. The Morgan fingerprint density at radius 2 is 2.13 bits per heavy atom. The molecule has 128 valence electrons. The molecule has 5 heteroatoms. The molecule has 0 spiro atoms. The number of aromatic nitrogens is 1. The van der Waals surface area contributed by atoms with Crippen molar-refractivity contribution in [2.75, 3.05) is 39.8 Å². The molecule has 23 heavy (non-hydrogen) atoms. The van der Waals surface area contributed by atoms with Gasteiger partial charge in [-0.15, -0.1) is 0 Å². The van der Waals surface area contributed by atoms with E-state index in [1.54, 1.807) is 0 Å². The van der Waals surface area contributed by atoms with Gasteiger partial charge in [0.05, 0.1) is 0 Å². The van der Waals surface area contributed by atoms with E-state index in [1.165, 1.54) is 32.4 Å². The van der Waals surface area contributed by atoms with Gasteiger partial charge in [-0.2, -0.15) is 0 Å². The van der Waals surface area contributed by atoms with E-state index in [0.717, 1.165) is 43.6 Å². The van der Waals surface area contributed by atoms with Crippen molar-refractivity contribution < 1.29 is 0 Å². The normalized spacial score (nSPS) is 17.2. The van der Waals surface area contributed by atoms with Crippen LogP contribution in [0.2, 0.25) is 0 Å². The second-order valence-electron chi connectivity index (χ2n) is 6.29. The van der Waals surface area contributed by atoms with E-state index >= 15 is 0 Å². The first kappa shape index (κ1) is 17.7. The molecule has 1 saturated heterocycles. The molecule has 0 aliphatic carbocycles. The summed E-state index contributed by atoms with van der Waals surface area (Å²) in [6, 6.07) is 6.04. The Morgan fingerprint density at radius 3 is 2.83 bits per heavy atom. The number of rotatable bonds is 7. The van der Waals surface area contributed by atoms with Crippen molar-refractivity contribution in [2.45, 2.75) is 32.6 Å². The lowest BCUT2D eigenvalue weighted by Crippen LogP contribution is -2.38. The summed E-state index contributed by atoms with van der Waals surface area (Å²) in [6.07, 6.45) is 6.59. The minimum absolute atomic E-state index is 0.839. The van der Waals surface area contributed by atoms with E-state index < -0.39 is 0 Å². The summed E-state index contributed by atoms with van der Waals surface area (Å²) in [5.41, 5.74) is 1.11. The van der Waals surface area contributed by atoms with Crippen LogP contribution in [0.5, 0.6) is 0 Å². The molecule has 0 atom stereocenters. The number of aliphatic imine (C=N–C) groups is 1. The van der Waals surface area contributed by atoms with Crippen LogP contribution in [0.3, 0.4) is 0 Å². The lowest BCUT2D eigenvalue weighted by molar-refractivity contribution is 0.214. The fourth-order valence-electron chi connectivity index (χ4n) is 2.91. The molecule has 0 radical (unpaired) electrons. The second-order valence-corrected chi connectivity index (χ2v) is 6.29. The van der Waals surface area contributed by atoms with Crippen LogP contribution < -0.4 is 10.6 Å². The van der Waals surface area contributed by atoms with Crippen molar-refractivity contribution in [2.24, 2.45) is 10.9 Å². The number of nitrogens with one attached hydrogen (secondary N) is 2. The molecule has 2 N–H and O–H groups in total. The van der Waals surface area contributed by atoms with E-state index in [2.05, 4.69) is 40.6 Å². The monoisotopic (exact) mass is 317 g/mol. The Balaban J connectivity index is 1.69. The minimum Gasteiger partial charge on any atom is -0.357 e. The highest BCUT2D eigenvalue weighted by Gasteiger charge is 2.15. The highest BCUT2D eigenvalue weighted by molar-refractivity contribution is 5.79. The third-order valence-electron chi connectivity index (χ3n) is 4.39. The van der Waals surface area contributed by atoms with Crippen molar-refractivity contribution in [1.29, 1.82) is 0 Å². The molecule has 2 rings (SSSR count). The summed E-state index contributed by atoms with van der Waals surface area (Å²) in [5, 5.41) is 6.73. The highest BCUT2D eigenvalue weighted by atomic mass is 15.2. The third kappa shape index (κ3) is 6.99. The first-order valence-corrected chi connectivity index (χ1v) is 8.88. The third-order valence-corrected chi connectivity index (χ3v) is 4.39. The maximum Gasteiger partial charge on any atom is 0.191 e. The molecular weight excluding hydrogens is 286 g/mol. The fraction of sp³-hybridized carbons (Fsp3) is 0.667. The molecule has 1 aliphatic heterocycles. The van der Waals surface area contributed by atoms with Crippen LogP contribution in [-0.2, 0) is 6.42 Å². The first-order chi connectivity index (χ1) is 11.3. The Hall–Kier alpha value is -1.62. The quantitative estimate of drug-likeness (QED) is 0.596. The van der Waals surface area contributed by atoms with Gasteiger partial charge in [-0.3, -0.25) is 9.98 Å². The number of nitrogens with zero attached hydrogens (tertiary/aromatic N) is 3. The summed E-state index contributed by atoms with van der Waals surface area (Å²) >= 11 is 0. The number of piperidine rings is 1. The molecule has 0 unspecified atom stereocenters. The summed E-state index contributed by atoms with van der Waals surface area (Å²) in [6.45, 7) is 7.23. The zero-order valence-corrected chi connectivity index (χ0v) is 14.6. The highest BCUT2D eigenvalue weighted by Crippen LogP contribution is 2.19. The van der Waals surface area contributed by atoms with Crippen molar-refractivity contribution in [1.82, 2.24) is 20.5 Å². The Bertz CT molecular complexity index is 452. The average Bonchev–Trinajstić information content (AvgIpc) is 2.58. The lowest BCUT2D eigenvalue weighted by Gasteiger charge is -2.28. The van der Waals surface area contributed by atoms with Crippen molar-refractivity contribution in [3.8, 4) is 0 Å². The number of hydrogen-bond donors (Lipinski definition) is 2. The molecule has 0 aromatic carbocycles. The molecule has 1 aliphatic rings. The van der Waals surface area contributed by atoms with E-state index in [1.807, 2.05) is 18.3 Å². The van der Waals surface area contributed by atoms with Gasteiger partial charge in [0.25, 0.3) is 0 Å². The second kappa shape index (κ2) is 10.2. The van der Waals surface area contributed by atoms with Crippen molar-refractivity contribution in [3.63, 3.8) is 0 Å². The molecule has 2 heterocycles. The molecule has 1 aromatic heterocycles. The molecule has 0 bridgehead atoms. The van der Waals surface area contributed by atoms with E-state index in [9.17, 15) is 0 Å². The van der Waals surface area contributed by atoms with Crippen molar-refractivity contribution >= 4 is 5.96 Å². The Kier molecular flexibility index (Phi) is 7.87. The van der Waals surface area contributed by atoms with Crippen LogP contribution in [0.1, 0.15) is 31.9 Å². The fourth-order valence-corrected chi connectivity index (χ4v) is 2.91. The van der Waals surface area contributed by atoms with Crippen LogP contribution in [0.4, 0.5) is 0 Å². The topological polar surface area (TPSA) is 52.6 Å². The van der Waals surface area contributed by atoms with Crippen LogP contribution in [0.25, 0.3) is 0 Å². The summed E-state index contributed by atoms with van der Waals surface area (Å²) in [5.74, 6) is 1.77. The summed E-state index contributed by atoms with van der Waals surface area (Å²) < 4.78 is 0. The maximum absolute atomic E-state index is 4.72. The van der Waals surface area contributed by atoms with E-state index in [4.69, 9.17) is 4.99 Å². The zero-order chi connectivity index (χ0) is 16.3. The largest absolute Gasteiger partial charge is 0.357 e. The van der Waals surface area contributed by atoms with Gasteiger partial charge >= 0.3 is 0 Å². The number of guanidine groups is 1. The molecule has 1 aromatic rings. The maximum atomic E-state index is 4.72. The number of pyridine rings is 1. The number of hydrogen-bond acceptors (Lipinski definition) is 3. The first-order valence-electron chi connectivity index (χ1n) is 8.88. The predicted octanol–water partition coefficient (Wildman–Crippen LogP) is 1.91. The molecule has 0 amide bonds. The average molecular weight is 317 g/mol. The zero-order valence-electron chi connectivity index (χ0n) is 14.6. The van der Waals surface area contributed by atoms with Gasteiger partial charge in [0, 0.05) is 37.9 Å². The summed E-state index contributed by atoms with van der Waals surface area (Å²) in [7, 11) is 2.21.